The molecule has 5 nitrogen and oxygen atoms in total. The van der Waals surface area contributed by atoms with Gasteiger partial charge in [-0.1, -0.05) is 36.4 Å². The standard InChI is InChI=1S/C19H19NO4/c1-13-6-5-8-15-17(13)20(18(21)19(15)23-10-11-24-19)12-14-7-3-4-9-16(14)22-2/h3-9H,10-12H2,1-2H3. The predicted molar refractivity (Wildman–Crippen MR) is 88.9 cm³/mol. The summed E-state index contributed by atoms with van der Waals surface area (Å²) in [5.41, 5.74) is 3.62. The van der Waals surface area contributed by atoms with E-state index >= 15 is 0 Å². The molecule has 1 amide bonds. The maximum Gasteiger partial charge on any atom is 0.292 e. The molecule has 0 radical (unpaired) electrons. The Balaban J connectivity index is 1.81. The third-order valence-corrected chi connectivity index (χ3v) is 4.60. The highest BCUT2D eigenvalue weighted by Crippen LogP contribution is 2.47. The van der Waals surface area contributed by atoms with E-state index in [0.717, 1.165) is 28.1 Å². The molecule has 24 heavy (non-hydrogen) atoms. The molecule has 0 bridgehead atoms. The number of amides is 1. The van der Waals surface area contributed by atoms with Gasteiger partial charge < -0.3 is 19.1 Å². The summed E-state index contributed by atoms with van der Waals surface area (Å²) in [6.45, 7) is 3.24. The number of carbonyl (C=O) groups excluding carboxylic acids is 1. The Morgan fingerprint density at radius 2 is 1.88 bits per heavy atom. The molecule has 1 saturated heterocycles. The van der Waals surface area contributed by atoms with Gasteiger partial charge in [0.15, 0.2) is 0 Å². The number of aryl methyl sites for hydroxylation is 1. The lowest BCUT2D eigenvalue weighted by Crippen LogP contribution is -2.41. The van der Waals surface area contributed by atoms with Crippen molar-refractivity contribution in [3.8, 4) is 5.75 Å². The molecule has 0 unspecified atom stereocenters. The van der Waals surface area contributed by atoms with Crippen LogP contribution in [0.2, 0.25) is 0 Å². The number of benzene rings is 2. The number of ether oxygens (including phenoxy) is 3. The number of fused-ring (bicyclic) bond motifs is 2. The molecule has 4 rings (SSSR count). The van der Waals surface area contributed by atoms with Gasteiger partial charge in [0.25, 0.3) is 11.7 Å². The summed E-state index contributed by atoms with van der Waals surface area (Å²) in [7, 11) is 1.63. The fourth-order valence-electron chi connectivity index (χ4n) is 3.52. The van der Waals surface area contributed by atoms with Gasteiger partial charge in [0.1, 0.15) is 5.75 Å². The van der Waals surface area contributed by atoms with Gasteiger partial charge >= 0.3 is 0 Å². The first-order chi connectivity index (χ1) is 11.7. The lowest BCUT2D eigenvalue weighted by Gasteiger charge is -2.23. The third-order valence-electron chi connectivity index (χ3n) is 4.60. The van der Waals surface area contributed by atoms with Crippen LogP contribution in [0.3, 0.4) is 0 Å². The summed E-state index contributed by atoms with van der Waals surface area (Å²) in [4.78, 5) is 14.9. The van der Waals surface area contributed by atoms with Crippen molar-refractivity contribution in [1.82, 2.24) is 0 Å². The Hall–Kier alpha value is -2.37. The van der Waals surface area contributed by atoms with E-state index in [2.05, 4.69) is 0 Å². The normalized spacial score (nSPS) is 18.2. The highest BCUT2D eigenvalue weighted by atomic mass is 16.7. The first kappa shape index (κ1) is 15.2. The predicted octanol–water partition coefficient (Wildman–Crippen LogP) is 2.75. The van der Waals surface area contributed by atoms with Crippen LogP contribution in [-0.2, 0) is 26.6 Å². The lowest BCUT2D eigenvalue weighted by atomic mass is 10.0. The molecule has 124 valence electrons. The van der Waals surface area contributed by atoms with E-state index in [-0.39, 0.29) is 5.91 Å². The summed E-state index contributed by atoms with van der Waals surface area (Å²) in [6.07, 6.45) is 0. The molecule has 2 aromatic carbocycles. The van der Waals surface area contributed by atoms with Gasteiger partial charge in [-0.25, -0.2) is 0 Å². The minimum atomic E-state index is -1.29. The smallest absolute Gasteiger partial charge is 0.292 e. The number of hydrogen-bond donors (Lipinski definition) is 0. The van der Waals surface area contributed by atoms with Crippen LogP contribution in [0.1, 0.15) is 16.7 Å². The first-order valence-corrected chi connectivity index (χ1v) is 7.99. The van der Waals surface area contributed by atoms with E-state index in [1.165, 1.54) is 0 Å². The van der Waals surface area contributed by atoms with Crippen molar-refractivity contribution in [3.05, 3.63) is 59.2 Å². The minimum Gasteiger partial charge on any atom is -0.496 e. The molecule has 2 aliphatic heterocycles. The van der Waals surface area contributed by atoms with Gasteiger partial charge in [0.05, 0.1) is 32.6 Å². The summed E-state index contributed by atoms with van der Waals surface area (Å²) in [6, 6.07) is 13.6. The highest BCUT2D eigenvalue weighted by molar-refractivity contribution is 6.07. The van der Waals surface area contributed by atoms with Gasteiger partial charge in [0.2, 0.25) is 0 Å². The fourth-order valence-corrected chi connectivity index (χ4v) is 3.52. The van der Waals surface area contributed by atoms with E-state index < -0.39 is 5.79 Å². The molecule has 2 aromatic rings. The Bertz CT molecular complexity index is 796. The summed E-state index contributed by atoms with van der Waals surface area (Å²) in [5, 5.41) is 0. The Kier molecular flexibility index (Phi) is 3.55. The number of nitrogens with zero attached hydrogens (tertiary/aromatic N) is 1. The Morgan fingerprint density at radius 1 is 1.12 bits per heavy atom. The summed E-state index contributed by atoms with van der Waals surface area (Å²) >= 11 is 0. The fraction of sp³-hybridized carbons (Fsp3) is 0.316. The molecule has 0 aromatic heterocycles. The van der Waals surface area contributed by atoms with Crippen LogP contribution in [0.5, 0.6) is 5.75 Å². The van der Waals surface area contributed by atoms with Gasteiger partial charge in [-0.05, 0) is 18.6 Å². The Labute approximate surface area is 140 Å². The van der Waals surface area contributed by atoms with Gasteiger partial charge in [-0.15, -0.1) is 0 Å². The molecule has 0 aliphatic carbocycles. The van der Waals surface area contributed by atoms with Crippen molar-refractivity contribution in [2.75, 3.05) is 25.2 Å². The van der Waals surface area contributed by atoms with E-state index in [1.807, 2.05) is 49.4 Å². The molecular weight excluding hydrogens is 306 g/mol. The number of anilines is 1. The summed E-state index contributed by atoms with van der Waals surface area (Å²) < 4.78 is 17.0. The number of para-hydroxylation sites is 2. The molecular formula is C19H19NO4. The quantitative estimate of drug-likeness (QED) is 0.871. The second-order valence-electron chi connectivity index (χ2n) is 5.99. The molecule has 2 aliphatic rings. The van der Waals surface area contributed by atoms with Gasteiger partial charge in [0, 0.05) is 11.1 Å². The molecule has 1 fully saturated rings. The maximum atomic E-state index is 13.2. The zero-order valence-electron chi connectivity index (χ0n) is 13.7. The van der Waals surface area contributed by atoms with E-state index in [9.17, 15) is 4.79 Å². The molecule has 0 N–H and O–H groups in total. The van der Waals surface area contributed by atoms with E-state index in [0.29, 0.717) is 19.8 Å². The molecule has 2 heterocycles. The third kappa shape index (κ3) is 2.05. The molecule has 5 heteroatoms. The topological polar surface area (TPSA) is 48.0 Å². The highest BCUT2D eigenvalue weighted by Gasteiger charge is 2.56. The van der Waals surface area contributed by atoms with E-state index in [1.54, 1.807) is 12.0 Å². The van der Waals surface area contributed by atoms with Gasteiger partial charge in [-0.3, -0.25) is 4.79 Å². The van der Waals surface area contributed by atoms with Gasteiger partial charge in [-0.2, -0.15) is 0 Å². The number of carbonyl (C=O) groups is 1. The number of methoxy groups -OCH3 is 1. The Morgan fingerprint density at radius 3 is 2.62 bits per heavy atom. The average molecular weight is 325 g/mol. The van der Waals surface area contributed by atoms with Crippen molar-refractivity contribution < 1.29 is 19.0 Å². The second-order valence-corrected chi connectivity index (χ2v) is 5.99. The molecule has 0 atom stereocenters. The monoisotopic (exact) mass is 325 g/mol. The van der Waals surface area contributed by atoms with Crippen LogP contribution in [0.25, 0.3) is 0 Å². The van der Waals surface area contributed by atoms with Crippen LogP contribution >= 0.6 is 0 Å². The van der Waals surface area contributed by atoms with Crippen molar-refractivity contribution in [1.29, 1.82) is 0 Å². The lowest BCUT2D eigenvalue weighted by molar-refractivity contribution is -0.180. The largest absolute Gasteiger partial charge is 0.496 e. The van der Waals surface area contributed by atoms with Crippen LogP contribution in [0.4, 0.5) is 5.69 Å². The number of rotatable bonds is 3. The minimum absolute atomic E-state index is 0.171. The van der Waals surface area contributed by atoms with Crippen molar-refractivity contribution in [2.45, 2.75) is 19.3 Å². The molecule has 0 saturated carbocycles. The summed E-state index contributed by atoms with van der Waals surface area (Å²) in [5.74, 6) is -0.701. The van der Waals surface area contributed by atoms with E-state index in [4.69, 9.17) is 14.2 Å². The van der Waals surface area contributed by atoms with Crippen molar-refractivity contribution in [3.63, 3.8) is 0 Å². The van der Waals surface area contributed by atoms with Crippen LogP contribution < -0.4 is 9.64 Å². The average Bonchev–Trinajstić information content (AvgIpc) is 3.18. The SMILES string of the molecule is COc1ccccc1CN1C(=O)C2(OCCO2)c2cccc(C)c21. The first-order valence-electron chi connectivity index (χ1n) is 7.99. The maximum absolute atomic E-state index is 13.2. The zero-order chi connectivity index (χ0) is 16.7. The van der Waals surface area contributed by atoms with Crippen LogP contribution in [-0.4, -0.2) is 26.2 Å². The number of hydrogen-bond acceptors (Lipinski definition) is 4. The van der Waals surface area contributed by atoms with Crippen LogP contribution in [0.15, 0.2) is 42.5 Å². The van der Waals surface area contributed by atoms with Crippen LogP contribution in [0, 0.1) is 6.92 Å². The van der Waals surface area contributed by atoms with Crippen molar-refractivity contribution >= 4 is 11.6 Å². The zero-order valence-corrected chi connectivity index (χ0v) is 13.7. The molecule has 1 spiro atoms. The second kappa shape index (κ2) is 5.61. The van der Waals surface area contributed by atoms with Crippen molar-refractivity contribution in [2.24, 2.45) is 0 Å².